The third kappa shape index (κ3) is 61.3. The molecule has 0 fully saturated rings. The number of aliphatic hydroxyl groups excluding tert-OH is 1. The molecule has 9 heteroatoms. The van der Waals surface area contributed by atoms with Crippen molar-refractivity contribution in [2.24, 2.45) is 0 Å². The second-order valence-electron chi connectivity index (χ2n) is 23.5. The highest BCUT2D eigenvalue weighted by Gasteiger charge is 2.28. The van der Waals surface area contributed by atoms with Crippen molar-refractivity contribution in [2.45, 2.75) is 309 Å². The van der Waals surface area contributed by atoms with Crippen LogP contribution in [-0.2, 0) is 18.4 Å². The van der Waals surface area contributed by atoms with Crippen molar-refractivity contribution in [2.75, 3.05) is 40.9 Å². The summed E-state index contributed by atoms with van der Waals surface area (Å²) in [5, 5.41) is 14.1. The van der Waals surface area contributed by atoms with Crippen LogP contribution in [0.4, 0.5) is 0 Å². The Hall–Kier alpha value is -2.32. The zero-order valence-electron chi connectivity index (χ0n) is 51.9. The molecule has 0 heterocycles. The number of hydrogen-bond donors (Lipinski definition) is 3. The summed E-state index contributed by atoms with van der Waals surface area (Å²) in [7, 11) is 1.62. The van der Waals surface area contributed by atoms with Crippen LogP contribution in [0, 0.1) is 0 Å². The fourth-order valence-corrected chi connectivity index (χ4v) is 10.3. The number of hydrogen-bond acceptors (Lipinski definition) is 5. The zero-order chi connectivity index (χ0) is 57.0. The fraction of sp³-hybridized carbons (Fsp3) is 0.783. The molecule has 78 heavy (non-hydrogen) atoms. The van der Waals surface area contributed by atoms with Gasteiger partial charge in [-0.05, 0) is 70.6 Å². The van der Waals surface area contributed by atoms with Gasteiger partial charge in [0.15, 0.2) is 0 Å². The number of phosphoric acid groups is 1. The first-order valence-corrected chi connectivity index (χ1v) is 34.4. The summed E-state index contributed by atoms with van der Waals surface area (Å²) >= 11 is 0. The van der Waals surface area contributed by atoms with Gasteiger partial charge in [0.2, 0.25) is 5.91 Å². The number of carbonyl (C=O) groups is 1. The highest BCUT2D eigenvalue weighted by molar-refractivity contribution is 7.47. The van der Waals surface area contributed by atoms with E-state index in [0.29, 0.717) is 23.9 Å². The maximum atomic E-state index is 13.0. The molecule has 0 aliphatic heterocycles. The fourth-order valence-electron chi connectivity index (χ4n) is 9.56. The van der Waals surface area contributed by atoms with Crippen LogP contribution in [0.3, 0.4) is 0 Å². The summed E-state index contributed by atoms with van der Waals surface area (Å²) in [4.78, 5) is 23.4. The largest absolute Gasteiger partial charge is 0.472 e. The van der Waals surface area contributed by atoms with Crippen molar-refractivity contribution < 1.29 is 32.9 Å². The van der Waals surface area contributed by atoms with E-state index in [1.54, 1.807) is 0 Å². The van der Waals surface area contributed by atoms with Gasteiger partial charge in [-0.2, -0.15) is 0 Å². The lowest BCUT2D eigenvalue weighted by atomic mass is 10.0. The number of allylic oxidation sites excluding steroid dienone is 14. The minimum atomic E-state index is -4.33. The van der Waals surface area contributed by atoms with E-state index < -0.39 is 20.0 Å². The normalized spacial score (nSPS) is 14.3. The molecule has 1 amide bonds. The van der Waals surface area contributed by atoms with Crippen LogP contribution in [0.15, 0.2) is 85.1 Å². The Bertz CT molecular complexity index is 1550. The van der Waals surface area contributed by atoms with Crippen LogP contribution in [0.2, 0.25) is 0 Å². The van der Waals surface area contributed by atoms with Crippen molar-refractivity contribution in [3.63, 3.8) is 0 Å². The monoisotopic (exact) mass is 1110 g/mol. The predicted octanol–water partition coefficient (Wildman–Crippen LogP) is 20.8. The van der Waals surface area contributed by atoms with Crippen LogP contribution in [0.5, 0.6) is 0 Å². The van der Waals surface area contributed by atoms with Gasteiger partial charge in [0.25, 0.3) is 0 Å². The molecule has 0 saturated heterocycles. The molecule has 0 radical (unpaired) electrons. The number of nitrogens with one attached hydrogen (secondary N) is 1. The van der Waals surface area contributed by atoms with Crippen LogP contribution >= 0.6 is 7.82 Å². The Labute approximate surface area is 484 Å². The number of amides is 1. The lowest BCUT2D eigenvalue weighted by Crippen LogP contribution is -2.46. The van der Waals surface area contributed by atoms with E-state index >= 15 is 0 Å². The lowest BCUT2D eigenvalue weighted by Gasteiger charge is -2.26. The highest BCUT2D eigenvalue weighted by Crippen LogP contribution is 2.43. The third-order valence-electron chi connectivity index (χ3n) is 14.7. The van der Waals surface area contributed by atoms with Gasteiger partial charge in [0.05, 0.1) is 39.9 Å². The van der Waals surface area contributed by atoms with Crippen LogP contribution < -0.4 is 5.32 Å². The first-order chi connectivity index (χ1) is 38.0. The molecule has 0 aromatic carbocycles. The summed E-state index contributed by atoms with van der Waals surface area (Å²) in [6.45, 7) is 4.80. The summed E-state index contributed by atoms with van der Waals surface area (Å²) in [6, 6.07) is -0.765. The molecule has 0 saturated carbocycles. The molecule has 0 aliphatic carbocycles. The summed E-state index contributed by atoms with van der Waals surface area (Å²) < 4.78 is 23.8. The molecular formula is C69H128N2O6P+. The molecule has 0 spiro atoms. The predicted molar refractivity (Wildman–Crippen MR) is 341 cm³/mol. The number of nitrogens with zero attached hydrogens (tertiary/aromatic N) is 1. The van der Waals surface area contributed by atoms with Gasteiger partial charge in [-0.1, -0.05) is 304 Å². The molecular weight excluding hydrogens is 984 g/mol. The Morgan fingerprint density at radius 3 is 1.13 bits per heavy atom. The van der Waals surface area contributed by atoms with Gasteiger partial charge in [0.1, 0.15) is 13.2 Å². The molecule has 0 aromatic heterocycles. The second-order valence-corrected chi connectivity index (χ2v) is 24.9. The van der Waals surface area contributed by atoms with E-state index in [2.05, 4.69) is 104 Å². The van der Waals surface area contributed by atoms with E-state index in [9.17, 15) is 19.4 Å². The quantitative estimate of drug-likeness (QED) is 0.0243. The topological polar surface area (TPSA) is 105 Å². The maximum Gasteiger partial charge on any atom is 0.472 e. The van der Waals surface area contributed by atoms with Crippen LogP contribution in [0.25, 0.3) is 0 Å². The second kappa shape index (κ2) is 59.3. The molecule has 0 bridgehead atoms. The zero-order valence-corrected chi connectivity index (χ0v) is 52.8. The number of likely N-dealkylation sites (N-methyl/N-ethyl adjacent to an activating group) is 1. The van der Waals surface area contributed by atoms with E-state index in [-0.39, 0.29) is 19.1 Å². The molecule has 3 N–H and O–H groups in total. The van der Waals surface area contributed by atoms with Crippen molar-refractivity contribution in [1.82, 2.24) is 5.32 Å². The molecule has 3 unspecified atom stereocenters. The molecule has 0 rings (SSSR count). The van der Waals surface area contributed by atoms with E-state index in [1.807, 2.05) is 21.1 Å². The SMILES string of the molecule is CC/C=C\C/C=C\C/C=C\C/C=C\C/C=C\C/C=C\C/C=C\CCCCCCCCCCCCCCCCCC(=O)NC(COP(=O)(O)OCC[N+](C)(C)C)C(O)CCCCCCCCCCCCCCCCCCCCC. The Morgan fingerprint density at radius 2 is 0.769 bits per heavy atom. The van der Waals surface area contributed by atoms with Crippen molar-refractivity contribution >= 4 is 13.7 Å². The molecule has 8 nitrogen and oxygen atoms in total. The average Bonchev–Trinajstić information content (AvgIpc) is 3.41. The summed E-state index contributed by atoms with van der Waals surface area (Å²) in [5.41, 5.74) is 0. The van der Waals surface area contributed by atoms with Crippen molar-refractivity contribution in [3.8, 4) is 0 Å². The van der Waals surface area contributed by atoms with Crippen molar-refractivity contribution in [3.05, 3.63) is 85.1 Å². The third-order valence-corrected chi connectivity index (χ3v) is 15.6. The molecule has 0 aliphatic rings. The molecule has 3 atom stereocenters. The Morgan fingerprint density at radius 1 is 0.449 bits per heavy atom. The number of carbonyl (C=O) groups excluding carboxylic acids is 1. The molecule has 454 valence electrons. The van der Waals surface area contributed by atoms with Gasteiger partial charge in [-0.25, -0.2) is 4.57 Å². The standard InChI is InChI=1S/C69H127N2O6P/c1-6-8-10-12-14-16-18-20-22-24-26-27-28-29-30-31-32-33-34-35-36-37-38-39-40-41-42-43-45-47-49-51-53-55-57-59-61-63-69(73)70-67(66-77-78(74,75)76-65-64-71(3,4)5)68(72)62-60-58-56-54-52-50-48-46-44-25-23-21-19-17-15-13-11-9-7-2/h8,10,14,16,20,22,26-27,29-30,32-33,35-36,67-68,72H,6-7,9,11-13,15,17-19,21,23-25,28,31,34,37-66H2,1-5H3,(H-,70,73,74,75)/p+1/b10-8-,16-14-,22-20-,27-26-,30-29-,33-32-,36-35-. The van der Waals surface area contributed by atoms with Gasteiger partial charge >= 0.3 is 7.82 Å². The van der Waals surface area contributed by atoms with Gasteiger partial charge in [-0.15, -0.1) is 0 Å². The van der Waals surface area contributed by atoms with Crippen molar-refractivity contribution in [1.29, 1.82) is 0 Å². The number of unbranched alkanes of at least 4 members (excludes halogenated alkanes) is 33. The van der Waals surface area contributed by atoms with E-state index in [4.69, 9.17) is 9.05 Å². The van der Waals surface area contributed by atoms with E-state index in [1.165, 1.54) is 186 Å². The summed E-state index contributed by atoms with van der Waals surface area (Å²) in [6.07, 6.45) is 83.8. The van der Waals surface area contributed by atoms with E-state index in [0.717, 1.165) is 83.5 Å². The Balaban J connectivity index is 4.03. The maximum absolute atomic E-state index is 13.0. The smallest absolute Gasteiger partial charge is 0.391 e. The van der Waals surface area contributed by atoms with Crippen LogP contribution in [0.1, 0.15) is 296 Å². The minimum Gasteiger partial charge on any atom is -0.391 e. The highest BCUT2D eigenvalue weighted by atomic mass is 31.2. The van der Waals surface area contributed by atoms with Gasteiger partial charge in [-0.3, -0.25) is 13.8 Å². The first-order valence-electron chi connectivity index (χ1n) is 33.0. The molecule has 0 aromatic rings. The first kappa shape index (κ1) is 75.7. The number of aliphatic hydroxyl groups is 1. The Kier molecular flexibility index (Phi) is 57.5. The van der Waals surface area contributed by atoms with Crippen LogP contribution in [-0.4, -0.2) is 73.4 Å². The average molecular weight is 1110 g/mol. The number of rotatable bonds is 60. The lowest BCUT2D eigenvalue weighted by molar-refractivity contribution is -0.870. The minimum absolute atomic E-state index is 0.0733. The van der Waals surface area contributed by atoms with Gasteiger partial charge in [0, 0.05) is 6.42 Å². The number of quaternary nitrogens is 1. The van der Waals surface area contributed by atoms with Gasteiger partial charge < -0.3 is 19.8 Å². The number of phosphoric ester groups is 1. The summed E-state index contributed by atoms with van der Waals surface area (Å²) in [5.74, 6) is -0.143.